The number of aromatic nitrogens is 1. The van der Waals surface area contributed by atoms with E-state index in [9.17, 15) is 0 Å². The third kappa shape index (κ3) is 2.20. The third-order valence-corrected chi connectivity index (χ3v) is 4.26. The maximum absolute atomic E-state index is 4.29. The van der Waals surface area contributed by atoms with Gasteiger partial charge in [0.2, 0.25) is 0 Å². The molecule has 0 bridgehead atoms. The minimum Gasteiger partial charge on any atom is -0.363 e. The first-order valence-corrected chi connectivity index (χ1v) is 7.18. The lowest BCUT2D eigenvalue weighted by molar-refractivity contribution is 0.545. The van der Waals surface area contributed by atoms with Gasteiger partial charge in [-0.15, -0.1) is 0 Å². The molecular formula is C13H18BrN3. The quantitative estimate of drug-likeness (QED) is 0.925. The molecule has 0 radical (unpaired) electrons. The van der Waals surface area contributed by atoms with Crippen molar-refractivity contribution in [2.45, 2.75) is 31.8 Å². The molecule has 4 heteroatoms. The van der Waals surface area contributed by atoms with Crippen LogP contribution in [-0.2, 0) is 0 Å². The highest BCUT2D eigenvalue weighted by Gasteiger charge is 2.51. The van der Waals surface area contributed by atoms with Gasteiger partial charge >= 0.3 is 0 Å². The van der Waals surface area contributed by atoms with E-state index >= 15 is 0 Å². The Balaban J connectivity index is 1.79. The van der Waals surface area contributed by atoms with Crippen LogP contribution in [0.3, 0.4) is 0 Å². The fourth-order valence-electron chi connectivity index (χ4n) is 3.00. The largest absolute Gasteiger partial charge is 0.363 e. The van der Waals surface area contributed by atoms with Gasteiger partial charge in [-0.2, -0.15) is 0 Å². The number of rotatable bonds is 4. The van der Waals surface area contributed by atoms with Crippen LogP contribution in [0.1, 0.15) is 19.8 Å². The van der Waals surface area contributed by atoms with Gasteiger partial charge in [-0.3, -0.25) is 4.98 Å². The van der Waals surface area contributed by atoms with Crippen molar-refractivity contribution < 1.29 is 0 Å². The molecule has 2 heterocycles. The molecule has 1 aliphatic carbocycles. The standard InChI is InChI=1S/C13H18BrN3/c1-2-15-7-11-3-9-4-13(9)17(11)12-5-10(14)6-16-8-12/h5-6,8-9,11,13,15H,2-4,7H2,1H3. The Morgan fingerprint density at radius 3 is 3.12 bits per heavy atom. The second kappa shape index (κ2) is 4.58. The van der Waals surface area contributed by atoms with Gasteiger partial charge in [-0.25, -0.2) is 0 Å². The minimum absolute atomic E-state index is 0.648. The fourth-order valence-corrected chi connectivity index (χ4v) is 3.35. The maximum Gasteiger partial charge on any atom is 0.0569 e. The summed E-state index contributed by atoms with van der Waals surface area (Å²) >= 11 is 3.51. The molecule has 1 saturated carbocycles. The zero-order chi connectivity index (χ0) is 11.8. The topological polar surface area (TPSA) is 28.2 Å². The lowest BCUT2D eigenvalue weighted by Gasteiger charge is -2.29. The minimum atomic E-state index is 0.648. The summed E-state index contributed by atoms with van der Waals surface area (Å²) in [6.45, 7) is 4.31. The molecule has 0 aromatic carbocycles. The van der Waals surface area contributed by atoms with Crippen LogP contribution in [0.2, 0.25) is 0 Å². The number of halogens is 1. The zero-order valence-electron chi connectivity index (χ0n) is 10.1. The first kappa shape index (κ1) is 11.5. The van der Waals surface area contributed by atoms with Crippen molar-refractivity contribution in [3.05, 3.63) is 22.9 Å². The molecule has 3 rings (SSSR count). The Morgan fingerprint density at radius 2 is 2.35 bits per heavy atom. The summed E-state index contributed by atoms with van der Waals surface area (Å²) in [5, 5.41) is 3.47. The lowest BCUT2D eigenvalue weighted by atomic mass is 10.1. The van der Waals surface area contributed by atoms with E-state index in [4.69, 9.17) is 0 Å². The third-order valence-electron chi connectivity index (χ3n) is 3.83. The van der Waals surface area contributed by atoms with E-state index in [1.54, 1.807) is 0 Å². The van der Waals surface area contributed by atoms with E-state index in [0.717, 1.165) is 29.5 Å². The first-order valence-electron chi connectivity index (χ1n) is 6.39. The highest BCUT2D eigenvalue weighted by atomic mass is 79.9. The monoisotopic (exact) mass is 295 g/mol. The molecule has 3 unspecified atom stereocenters. The van der Waals surface area contributed by atoms with Crippen molar-refractivity contribution in [1.82, 2.24) is 10.3 Å². The Labute approximate surface area is 111 Å². The molecule has 92 valence electrons. The molecule has 17 heavy (non-hydrogen) atoms. The molecule has 0 amide bonds. The Morgan fingerprint density at radius 1 is 1.47 bits per heavy atom. The SMILES string of the molecule is CCNCC1CC2CC2N1c1cncc(Br)c1. The predicted octanol–water partition coefficient (Wildman–Crippen LogP) is 2.42. The van der Waals surface area contributed by atoms with Crippen molar-refractivity contribution in [2.75, 3.05) is 18.0 Å². The Hall–Kier alpha value is -0.610. The molecule has 1 aliphatic heterocycles. The summed E-state index contributed by atoms with van der Waals surface area (Å²) in [4.78, 5) is 6.86. The molecule has 2 fully saturated rings. The van der Waals surface area contributed by atoms with E-state index in [0.29, 0.717) is 6.04 Å². The first-order chi connectivity index (χ1) is 8.29. The second-order valence-corrected chi connectivity index (χ2v) is 5.94. The average molecular weight is 296 g/mol. The van der Waals surface area contributed by atoms with Gasteiger partial charge in [0.15, 0.2) is 0 Å². The van der Waals surface area contributed by atoms with Crippen LogP contribution >= 0.6 is 15.9 Å². The second-order valence-electron chi connectivity index (χ2n) is 5.03. The van der Waals surface area contributed by atoms with Crippen molar-refractivity contribution in [3.63, 3.8) is 0 Å². The number of hydrogen-bond donors (Lipinski definition) is 1. The van der Waals surface area contributed by atoms with E-state index in [-0.39, 0.29) is 0 Å². The molecule has 1 saturated heterocycles. The number of fused-ring (bicyclic) bond motifs is 1. The van der Waals surface area contributed by atoms with E-state index in [1.165, 1.54) is 18.5 Å². The predicted molar refractivity (Wildman–Crippen MR) is 73.3 cm³/mol. The van der Waals surface area contributed by atoms with Crippen LogP contribution in [0.15, 0.2) is 22.9 Å². The summed E-state index contributed by atoms with van der Waals surface area (Å²) in [6, 6.07) is 3.61. The molecule has 0 spiro atoms. The fraction of sp³-hybridized carbons (Fsp3) is 0.615. The van der Waals surface area contributed by atoms with E-state index in [2.05, 4.69) is 44.1 Å². The lowest BCUT2D eigenvalue weighted by Crippen LogP contribution is -2.40. The Kier molecular flexibility index (Phi) is 3.09. The molecule has 1 N–H and O–H groups in total. The summed E-state index contributed by atoms with van der Waals surface area (Å²) in [5.41, 5.74) is 1.27. The van der Waals surface area contributed by atoms with Crippen LogP contribution < -0.4 is 10.2 Å². The summed E-state index contributed by atoms with van der Waals surface area (Å²) in [5.74, 6) is 0.928. The van der Waals surface area contributed by atoms with Crippen LogP contribution in [0, 0.1) is 5.92 Å². The van der Waals surface area contributed by atoms with Crippen molar-refractivity contribution in [2.24, 2.45) is 5.92 Å². The molecule has 2 aliphatic rings. The smallest absolute Gasteiger partial charge is 0.0569 e. The van der Waals surface area contributed by atoms with Crippen LogP contribution in [0.25, 0.3) is 0 Å². The zero-order valence-corrected chi connectivity index (χ0v) is 11.7. The summed E-state index contributed by atoms with van der Waals surface area (Å²) in [7, 11) is 0. The van der Waals surface area contributed by atoms with Crippen molar-refractivity contribution in [3.8, 4) is 0 Å². The average Bonchev–Trinajstić information content (AvgIpc) is 2.98. The molecule has 1 aromatic heterocycles. The van der Waals surface area contributed by atoms with E-state index in [1.807, 2.05) is 12.4 Å². The van der Waals surface area contributed by atoms with Crippen LogP contribution in [0.5, 0.6) is 0 Å². The number of pyridine rings is 1. The number of piperidine rings is 1. The normalized spacial score (nSPS) is 30.5. The van der Waals surface area contributed by atoms with Gasteiger partial charge < -0.3 is 10.2 Å². The number of hydrogen-bond acceptors (Lipinski definition) is 3. The number of anilines is 1. The van der Waals surface area contributed by atoms with Crippen LogP contribution in [0.4, 0.5) is 5.69 Å². The molecule has 3 atom stereocenters. The molecular weight excluding hydrogens is 278 g/mol. The number of nitrogens with one attached hydrogen (secondary N) is 1. The van der Waals surface area contributed by atoms with Gasteiger partial charge in [0.05, 0.1) is 11.9 Å². The van der Waals surface area contributed by atoms with Gasteiger partial charge in [0.1, 0.15) is 0 Å². The van der Waals surface area contributed by atoms with Gasteiger partial charge in [-0.1, -0.05) is 6.92 Å². The summed E-state index contributed by atoms with van der Waals surface area (Å²) < 4.78 is 1.07. The molecule has 3 nitrogen and oxygen atoms in total. The van der Waals surface area contributed by atoms with Crippen LogP contribution in [-0.4, -0.2) is 30.2 Å². The van der Waals surface area contributed by atoms with Crippen molar-refractivity contribution in [1.29, 1.82) is 0 Å². The van der Waals surface area contributed by atoms with Gasteiger partial charge in [-0.05, 0) is 47.3 Å². The highest BCUT2D eigenvalue weighted by molar-refractivity contribution is 9.10. The Bertz CT molecular complexity index is 409. The summed E-state index contributed by atoms with van der Waals surface area (Å²) in [6.07, 6.45) is 6.55. The number of nitrogens with zero attached hydrogens (tertiary/aromatic N) is 2. The van der Waals surface area contributed by atoms with Gasteiger partial charge in [0, 0.05) is 29.3 Å². The maximum atomic E-state index is 4.29. The van der Waals surface area contributed by atoms with Crippen molar-refractivity contribution >= 4 is 21.6 Å². The van der Waals surface area contributed by atoms with Gasteiger partial charge in [0.25, 0.3) is 0 Å². The number of likely N-dealkylation sites (N-methyl/N-ethyl adjacent to an activating group) is 1. The highest BCUT2D eigenvalue weighted by Crippen LogP contribution is 2.49. The van der Waals surface area contributed by atoms with E-state index < -0.39 is 0 Å². The molecule has 1 aromatic rings.